The number of imidazole rings is 1. The summed E-state index contributed by atoms with van der Waals surface area (Å²) in [7, 11) is 3.26. The molecule has 2 aromatic rings. The van der Waals surface area contributed by atoms with Crippen molar-refractivity contribution in [3.63, 3.8) is 0 Å². The number of fused-ring (bicyclic) bond motifs is 1. The monoisotopic (exact) mass is 291 g/mol. The normalized spacial score (nSPS) is 21.9. The number of methoxy groups -OCH3 is 2. The second-order valence-corrected chi connectivity index (χ2v) is 5.15. The Morgan fingerprint density at radius 3 is 2.76 bits per heavy atom. The fraction of sp³-hybridized carbons (Fsp3) is 0.533. The average molecular weight is 291 g/mol. The van der Waals surface area contributed by atoms with Crippen molar-refractivity contribution in [2.75, 3.05) is 34.0 Å². The number of aromatic amines is 1. The summed E-state index contributed by atoms with van der Waals surface area (Å²) in [5.74, 6) is 2.58. The molecule has 0 spiro atoms. The average Bonchev–Trinajstić information content (AvgIpc) is 3.11. The molecule has 1 aromatic heterocycles. The molecule has 0 radical (unpaired) electrons. The molecular formula is C15H21N3O3. The first-order chi connectivity index (χ1) is 10.3. The van der Waals surface area contributed by atoms with Crippen LogP contribution in [-0.4, -0.2) is 50.0 Å². The SMILES string of the molecule is CCNC1COCC1c1nc2cc(OC)c(OC)cc2[nH]1. The van der Waals surface area contributed by atoms with E-state index in [2.05, 4.69) is 17.2 Å². The smallest absolute Gasteiger partial charge is 0.163 e. The standard InChI is InChI=1S/C15H21N3O3/c1-4-16-12-8-21-7-9(12)15-17-10-5-13(19-2)14(20-3)6-11(10)18-15/h5-6,9,12,16H,4,7-8H2,1-3H3,(H,17,18). The van der Waals surface area contributed by atoms with Gasteiger partial charge in [0.05, 0.1) is 44.4 Å². The first-order valence-electron chi connectivity index (χ1n) is 7.19. The minimum absolute atomic E-state index is 0.245. The second kappa shape index (κ2) is 5.91. The van der Waals surface area contributed by atoms with E-state index in [0.717, 1.165) is 30.0 Å². The van der Waals surface area contributed by atoms with Crippen LogP contribution < -0.4 is 14.8 Å². The van der Waals surface area contributed by atoms with E-state index in [1.165, 1.54) is 0 Å². The van der Waals surface area contributed by atoms with Gasteiger partial charge in [-0.3, -0.25) is 0 Å². The molecule has 0 saturated carbocycles. The molecule has 2 atom stereocenters. The number of hydrogen-bond acceptors (Lipinski definition) is 5. The number of nitrogens with zero attached hydrogens (tertiary/aromatic N) is 1. The molecule has 3 rings (SSSR count). The molecule has 0 aliphatic carbocycles. The molecule has 0 amide bonds. The van der Waals surface area contributed by atoms with E-state index in [1.807, 2.05) is 12.1 Å². The molecule has 0 bridgehead atoms. The lowest BCUT2D eigenvalue weighted by molar-refractivity contribution is 0.187. The van der Waals surface area contributed by atoms with Gasteiger partial charge in [0.2, 0.25) is 0 Å². The number of ether oxygens (including phenoxy) is 3. The van der Waals surface area contributed by atoms with Gasteiger partial charge >= 0.3 is 0 Å². The molecule has 1 aromatic carbocycles. The Bertz CT molecular complexity index is 585. The molecule has 2 heterocycles. The van der Waals surface area contributed by atoms with Crippen molar-refractivity contribution in [2.45, 2.75) is 18.9 Å². The number of nitrogens with one attached hydrogen (secondary N) is 2. The van der Waals surface area contributed by atoms with Crippen LogP contribution in [0.15, 0.2) is 12.1 Å². The summed E-state index contributed by atoms with van der Waals surface area (Å²) < 4.78 is 16.2. The Morgan fingerprint density at radius 2 is 2.05 bits per heavy atom. The summed E-state index contributed by atoms with van der Waals surface area (Å²) in [4.78, 5) is 8.09. The van der Waals surface area contributed by atoms with E-state index < -0.39 is 0 Å². The molecule has 2 unspecified atom stereocenters. The highest BCUT2D eigenvalue weighted by Gasteiger charge is 2.31. The molecule has 1 aliphatic heterocycles. The largest absolute Gasteiger partial charge is 0.493 e. The third-order valence-corrected chi connectivity index (χ3v) is 3.90. The minimum atomic E-state index is 0.245. The summed E-state index contributed by atoms with van der Waals surface area (Å²) in [5.41, 5.74) is 1.83. The van der Waals surface area contributed by atoms with Crippen molar-refractivity contribution in [1.82, 2.24) is 15.3 Å². The van der Waals surface area contributed by atoms with Gasteiger partial charge in [0.25, 0.3) is 0 Å². The fourth-order valence-corrected chi connectivity index (χ4v) is 2.82. The Hall–Kier alpha value is -1.79. The summed E-state index contributed by atoms with van der Waals surface area (Å²) >= 11 is 0. The van der Waals surface area contributed by atoms with Gasteiger partial charge in [-0.2, -0.15) is 0 Å². The molecule has 6 nitrogen and oxygen atoms in total. The van der Waals surface area contributed by atoms with Gasteiger partial charge in [0.1, 0.15) is 5.82 Å². The van der Waals surface area contributed by atoms with Crippen LogP contribution >= 0.6 is 0 Å². The number of rotatable bonds is 5. The molecular weight excluding hydrogens is 270 g/mol. The van der Waals surface area contributed by atoms with Crippen molar-refractivity contribution in [1.29, 1.82) is 0 Å². The molecule has 21 heavy (non-hydrogen) atoms. The van der Waals surface area contributed by atoms with Crippen LogP contribution in [0.3, 0.4) is 0 Å². The van der Waals surface area contributed by atoms with Gasteiger partial charge in [-0.05, 0) is 6.54 Å². The number of likely N-dealkylation sites (N-methyl/N-ethyl adjacent to an activating group) is 1. The van der Waals surface area contributed by atoms with Gasteiger partial charge in [-0.1, -0.05) is 6.92 Å². The van der Waals surface area contributed by atoms with E-state index in [1.54, 1.807) is 14.2 Å². The van der Waals surface area contributed by atoms with Crippen molar-refractivity contribution < 1.29 is 14.2 Å². The summed E-state index contributed by atoms with van der Waals surface area (Å²) in [6.07, 6.45) is 0. The van der Waals surface area contributed by atoms with Crippen molar-refractivity contribution in [2.24, 2.45) is 0 Å². The predicted octanol–water partition coefficient (Wildman–Crippen LogP) is 1.67. The van der Waals surface area contributed by atoms with Crippen LogP contribution in [0, 0.1) is 0 Å². The minimum Gasteiger partial charge on any atom is -0.493 e. The number of benzene rings is 1. The van der Waals surface area contributed by atoms with Gasteiger partial charge in [-0.25, -0.2) is 4.98 Å². The first-order valence-corrected chi connectivity index (χ1v) is 7.19. The molecule has 114 valence electrons. The van der Waals surface area contributed by atoms with Crippen LogP contribution in [0.25, 0.3) is 11.0 Å². The Balaban J connectivity index is 1.97. The van der Waals surface area contributed by atoms with Crippen LogP contribution in [-0.2, 0) is 4.74 Å². The predicted molar refractivity (Wildman–Crippen MR) is 80.2 cm³/mol. The van der Waals surface area contributed by atoms with Gasteiger partial charge in [0, 0.05) is 18.2 Å². The lowest BCUT2D eigenvalue weighted by Crippen LogP contribution is -2.34. The van der Waals surface area contributed by atoms with Gasteiger partial charge in [-0.15, -0.1) is 0 Å². The van der Waals surface area contributed by atoms with Crippen LogP contribution in [0.1, 0.15) is 18.7 Å². The highest BCUT2D eigenvalue weighted by atomic mass is 16.5. The second-order valence-electron chi connectivity index (χ2n) is 5.15. The van der Waals surface area contributed by atoms with Crippen molar-refractivity contribution in [3.05, 3.63) is 18.0 Å². The Labute approximate surface area is 123 Å². The lowest BCUT2D eigenvalue weighted by atomic mass is 10.0. The van der Waals surface area contributed by atoms with E-state index in [-0.39, 0.29) is 5.92 Å². The molecule has 6 heteroatoms. The lowest BCUT2D eigenvalue weighted by Gasteiger charge is -2.15. The van der Waals surface area contributed by atoms with E-state index in [0.29, 0.717) is 24.1 Å². The maximum Gasteiger partial charge on any atom is 0.163 e. The Kier molecular flexibility index (Phi) is 3.98. The zero-order valence-corrected chi connectivity index (χ0v) is 12.6. The summed E-state index contributed by atoms with van der Waals surface area (Å²) in [6.45, 7) is 4.43. The zero-order chi connectivity index (χ0) is 14.8. The van der Waals surface area contributed by atoms with E-state index in [9.17, 15) is 0 Å². The fourth-order valence-electron chi connectivity index (χ4n) is 2.82. The number of hydrogen-bond donors (Lipinski definition) is 2. The maximum absolute atomic E-state index is 5.59. The zero-order valence-electron chi connectivity index (χ0n) is 12.6. The molecule has 1 fully saturated rings. The summed E-state index contributed by atoms with van der Waals surface area (Å²) in [5, 5.41) is 3.45. The van der Waals surface area contributed by atoms with Crippen LogP contribution in [0.5, 0.6) is 11.5 Å². The quantitative estimate of drug-likeness (QED) is 0.877. The first kappa shape index (κ1) is 14.2. The van der Waals surface area contributed by atoms with Gasteiger partial charge in [0.15, 0.2) is 11.5 Å². The van der Waals surface area contributed by atoms with Crippen LogP contribution in [0.4, 0.5) is 0 Å². The van der Waals surface area contributed by atoms with Gasteiger partial charge < -0.3 is 24.5 Å². The highest BCUT2D eigenvalue weighted by molar-refractivity contribution is 5.80. The molecule has 1 aliphatic rings. The van der Waals surface area contributed by atoms with E-state index in [4.69, 9.17) is 19.2 Å². The Morgan fingerprint density at radius 1 is 1.29 bits per heavy atom. The van der Waals surface area contributed by atoms with Crippen LogP contribution in [0.2, 0.25) is 0 Å². The van der Waals surface area contributed by atoms with E-state index >= 15 is 0 Å². The molecule has 1 saturated heterocycles. The molecule has 2 N–H and O–H groups in total. The summed E-state index contributed by atoms with van der Waals surface area (Å²) in [6, 6.07) is 4.12. The maximum atomic E-state index is 5.59. The third kappa shape index (κ3) is 2.56. The number of aromatic nitrogens is 2. The topological polar surface area (TPSA) is 68.4 Å². The van der Waals surface area contributed by atoms with Crippen molar-refractivity contribution in [3.8, 4) is 11.5 Å². The van der Waals surface area contributed by atoms with Crippen molar-refractivity contribution >= 4 is 11.0 Å². The third-order valence-electron chi connectivity index (χ3n) is 3.90. The number of H-pyrrole nitrogens is 1. The highest BCUT2D eigenvalue weighted by Crippen LogP contribution is 2.33.